The first kappa shape index (κ1) is 39.0. The molecule has 0 aliphatic heterocycles. The SMILES string of the molecule is [Mo+2].[O-]/C(=C\[PH+](c1ccccc1)c1ccccc1)c1ccccc1.[O-]/C(=C\[PH+](c1ccccc1)c1ccccc1)c1ccccc1.c1ccccc1. The van der Waals surface area contributed by atoms with E-state index in [1.807, 2.05) is 181 Å². The Hall–Kier alpha value is -4.83. The third kappa shape index (κ3) is 12.8. The van der Waals surface area contributed by atoms with Crippen LogP contribution in [0.4, 0.5) is 0 Å². The van der Waals surface area contributed by atoms with Crippen molar-refractivity contribution in [3.05, 3.63) is 241 Å². The number of rotatable bonds is 8. The van der Waals surface area contributed by atoms with Gasteiger partial charge in [0, 0.05) is 0 Å². The Labute approximate surface area is 319 Å². The van der Waals surface area contributed by atoms with Gasteiger partial charge in [0.05, 0.1) is 27.5 Å². The molecule has 5 heteroatoms. The van der Waals surface area contributed by atoms with Gasteiger partial charge in [-0.1, -0.05) is 181 Å². The minimum absolute atomic E-state index is 0. The van der Waals surface area contributed by atoms with Crippen LogP contribution in [-0.2, 0) is 21.1 Å². The maximum atomic E-state index is 12.6. The van der Waals surface area contributed by atoms with Crippen LogP contribution in [-0.4, -0.2) is 0 Å². The normalized spacial score (nSPS) is 10.9. The van der Waals surface area contributed by atoms with Gasteiger partial charge in [-0.05, 0) is 59.7 Å². The van der Waals surface area contributed by atoms with E-state index < -0.39 is 15.8 Å². The topological polar surface area (TPSA) is 46.1 Å². The van der Waals surface area contributed by atoms with Gasteiger partial charge >= 0.3 is 21.1 Å². The smallest absolute Gasteiger partial charge is 0.870 e. The Balaban J connectivity index is 0.000000193. The minimum Gasteiger partial charge on any atom is -0.870 e. The summed E-state index contributed by atoms with van der Waals surface area (Å²) in [6, 6.07) is 72.1. The predicted molar refractivity (Wildman–Crippen MR) is 216 cm³/mol. The number of hydrogen-bond donors (Lipinski definition) is 0. The van der Waals surface area contributed by atoms with Gasteiger partial charge in [0.15, 0.2) is 0 Å². The zero-order chi connectivity index (χ0) is 34.6. The molecule has 7 rings (SSSR count). The van der Waals surface area contributed by atoms with E-state index in [2.05, 4.69) is 48.5 Å². The van der Waals surface area contributed by atoms with E-state index in [1.54, 1.807) is 0 Å². The molecule has 0 heterocycles. The molecule has 0 aliphatic carbocycles. The molecule has 0 amide bonds. The van der Waals surface area contributed by atoms with Crippen molar-refractivity contribution in [3.8, 4) is 0 Å². The maximum absolute atomic E-state index is 12.6. The predicted octanol–water partition coefficient (Wildman–Crippen LogP) is 8.11. The van der Waals surface area contributed by atoms with Gasteiger partial charge in [-0.25, -0.2) is 0 Å². The van der Waals surface area contributed by atoms with Crippen molar-refractivity contribution in [2.45, 2.75) is 0 Å². The fourth-order valence-corrected chi connectivity index (χ4v) is 9.55. The van der Waals surface area contributed by atoms with Crippen molar-refractivity contribution in [2.75, 3.05) is 0 Å². The summed E-state index contributed by atoms with van der Waals surface area (Å²) in [6.45, 7) is 0. The van der Waals surface area contributed by atoms with E-state index in [1.165, 1.54) is 21.2 Å². The molecule has 0 aliphatic rings. The van der Waals surface area contributed by atoms with Crippen molar-refractivity contribution >= 4 is 48.6 Å². The van der Waals surface area contributed by atoms with Crippen molar-refractivity contribution in [1.82, 2.24) is 0 Å². The fourth-order valence-electron chi connectivity index (χ4n) is 5.16. The summed E-state index contributed by atoms with van der Waals surface area (Å²) in [4.78, 5) is 0. The number of hydrogen-bond acceptors (Lipinski definition) is 2. The van der Waals surface area contributed by atoms with E-state index in [4.69, 9.17) is 0 Å². The van der Waals surface area contributed by atoms with Crippen LogP contribution in [0, 0.1) is 0 Å². The summed E-state index contributed by atoms with van der Waals surface area (Å²) in [5, 5.41) is 30.0. The molecule has 0 aromatic heterocycles. The summed E-state index contributed by atoms with van der Waals surface area (Å²) in [7, 11) is -2.44. The molecule has 0 saturated heterocycles. The molecular formula is C46H40MoO2P2+2. The second-order valence-corrected chi connectivity index (χ2v) is 15.7. The molecule has 250 valence electrons. The average Bonchev–Trinajstić information content (AvgIpc) is 3.22. The van der Waals surface area contributed by atoms with Crippen LogP contribution >= 0.6 is 15.8 Å². The van der Waals surface area contributed by atoms with Gasteiger partial charge < -0.3 is 10.2 Å². The van der Waals surface area contributed by atoms with Gasteiger partial charge in [0.25, 0.3) is 0 Å². The second-order valence-electron chi connectivity index (χ2n) is 11.2. The van der Waals surface area contributed by atoms with Crippen LogP contribution in [0.1, 0.15) is 11.1 Å². The molecule has 0 atom stereocenters. The van der Waals surface area contributed by atoms with E-state index in [-0.39, 0.29) is 32.6 Å². The first-order chi connectivity index (χ1) is 24.7. The first-order valence-corrected chi connectivity index (χ1v) is 19.7. The van der Waals surface area contributed by atoms with E-state index in [0.29, 0.717) is 0 Å². The van der Waals surface area contributed by atoms with E-state index >= 15 is 0 Å². The zero-order valence-electron chi connectivity index (χ0n) is 28.2. The summed E-state index contributed by atoms with van der Waals surface area (Å²) in [5.74, 6) is 4.01. The Kier molecular flexibility index (Phi) is 16.9. The molecule has 7 aromatic rings. The van der Waals surface area contributed by atoms with E-state index in [0.717, 1.165) is 11.1 Å². The molecular weight excluding hydrogens is 742 g/mol. The molecule has 0 spiro atoms. The van der Waals surface area contributed by atoms with Gasteiger partial charge in [-0.2, -0.15) is 0 Å². The standard InChI is InChI=1S/2C20H17OP.C6H6.Mo/c2*21-20(17-10-4-1-5-11-17)16-22(18-12-6-2-7-13-18)19-14-8-3-9-15-19;1-2-4-6-5-3-1;/h2*1-16,21H;1-6H;/q;;;+2/b2*20-16-;;. The van der Waals surface area contributed by atoms with E-state index in [9.17, 15) is 10.2 Å². The first-order valence-electron chi connectivity index (χ1n) is 16.5. The van der Waals surface area contributed by atoms with Crippen LogP contribution in [0.15, 0.2) is 230 Å². The zero-order valence-corrected chi connectivity index (χ0v) is 32.2. The quantitative estimate of drug-likeness (QED) is 0.0890. The Morgan fingerprint density at radius 3 is 0.686 bits per heavy atom. The minimum atomic E-state index is -1.22. The summed E-state index contributed by atoms with van der Waals surface area (Å²) in [6.07, 6.45) is 0. The van der Waals surface area contributed by atoms with Crippen LogP contribution in [0.5, 0.6) is 0 Å². The van der Waals surface area contributed by atoms with Crippen molar-refractivity contribution in [2.24, 2.45) is 0 Å². The van der Waals surface area contributed by atoms with Crippen LogP contribution < -0.4 is 31.4 Å². The van der Waals surface area contributed by atoms with Crippen LogP contribution in [0.2, 0.25) is 0 Å². The molecule has 0 radical (unpaired) electrons. The van der Waals surface area contributed by atoms with Crippen molar-refractivity contribution in [1.29, 1.82) is 0 Å². The third-order valence-corrected chi connectivity index (χ3v) is 12.6. The third-order valence-electron chi connectivity index (χ3n) is 7.67. The molecule has 0 saturated carbocycles. The maximum Gasteiger partial charge on any atom is 2.00 e. The monoisotopic (exact) mass is 784 g/mol. The van der Waals surface area contributed by atoms with Gasteiger partial charge in [0.1, 0.15) is 21.2 Å². The van der Waals surface area contributed by atoms with Crippen LogP contribution in [0.3, 0.4) is 0 Å². The Bertz CT molecular complexity index is 1750. The molecule has 0 bridgehead atoms. The molecule has 0 unspecified atom stereocenters. The Morgan fingerprint density at radius 1 is 0.294 bits per heavy atom. The molecule has 0 N–H and O–H groups in total. The molecule has 2 nitrogen and oxygen atoms in total. The average molecular weight is 783 g/mol. The van der Waals surface area contributed by atoms with Gasteiger partial charge in [-0.15, -0.1) is 0 Å². The Morgan fingerprint density at radius 2 is 0.471 bits per heavy atom. The molecule has 0 fully saturated rings. The molecule has 51 heavy (non-hydrogen) atoms. The van der Waals surface area contributed by atoms with Crippen molar-refractivity contribution in [3.63, 3.8) is 0 Å². The summed E-state index contributed by atoms with van der Waals surface area (Å²) in [5.41, 5.74) is 1.49. The number of benzene rings is 7. The van der Waals surface area contributed by atoms with Crippen molar-refractivity contribution < 1.29 is 31.3 Å². The second kappa shape index (κ2) is 22.1. The van der Waals surface area contributed by atoms with Gasteiger partial charge in [0.2, 0.25) is 0 Å². The van der Waals surface area contributed by atoms with Crippen LogP contribution in [0.25, 0.3) is 11.5 Å². The summed E-state index contributed by atoms with van der Waals surface area (Å²) < 4.78 is 0. The largest absolute Gasteiger partial charge is 2.00 e. The van der Waals surface area contributed by atoms with Gasteiger partial charge in [-0.3, -0.25) is 0 Å². The fraction of sp³-hybridized carbons (Fsp3) is 0. The summed E-state index contributed by atoms with van der Waals surface area (Å²) >= 11 is 0. The molecule has 7 aromatic carbocycles.